The lowest BCUT2D eigenvalue weighted by Crippen LogP contribution is -2.31. The predicted molar refractivity (Wildman–Crippen MR) is 270 cm³/mol. The van der Waals surface area contributed by atoms with Crippen LogP contribution in [0.15, 0.2) is 205 Å². The first-order valence-corrected chi connectivity index (χ1v) is 23.1. The molecule has 0 bridgehead atoms. The maximum absolute atomic E-state index is 15.3. The Bertz CT molecular complexity index is 2930. The molecule has 2 amide bonds. The van der Waals surface area contributed by atoms with Crippen molar-refractivity contribution in [3.8, 4) is 0 Å². The van der Waals surface area contributed by atoms with Crippen molar-refractivity contribution in [1.29, 1.82) is 0 Å². The summed E-state index contributed by atoms with van der Waals surface area (Å²) in [5.41, 5.74) is 14.6. The molecule has 0 fully saturated rings. The molecule has 7 aromatic carbocycles. The van der Waals surface area contributed by atoms with Crippen LogP contribution in [0.4, 0.5) is 28.4 Å². The second-order valence-corrected chi connectivity index (χ2v) is 18.0. The maximum Gasteiger partial charge on any atom is 0.261 e. The molecule has 6 heteroatoms. The molecule has 7 aromatic rings. The fraction of sp³-hybridized carbons (Fsp3) is 0.167. The molecule has 10 rings (SSSR count). The third kappa shape index (κ3) is 8.27. The van der Waals surface area contributed by atoms with Crippen molar-refractivity contribution in [2.75, 3.05) is 9.80 Å². The van der Waals surface area contributed by atoms with Gasteiger partial charge in [0.2, 0.25) is 0 Å². The molecule has 326 valence electrons. The number of allylic oxidation sites excluding steroid dienone is 1. The summed E-state index contributed by atoms with van der Waals surface area (Å²) in [7, 11) is 0. The fourth-order valence-electron chi connectivity index (χ4n) is 9.61. The molecule has 0 aromatic heterocycles. The lowest BCUT2D eigenvalue weighted by atomic mass is 9.92. The molecule has 0 saturated heterocycles. The lowest BCUT2D eigenvalue weighted by Gasteiger charge is -2.35. The maximum atomic E-state index is 15.3. The summed E-state index contributed by atoms with van der Waals surface area (Å²) in [6.07, 6.45) is 6.84. The number of hydrogen-bond acceptors (Lipinski definition) is 4. The SMILES string of the molecule is Cc1ccc(N(c2ccc(C)cc2)c2ccc(C3=C4C(=O)N(Cc5ccccc5)C(c5ccc(N(c6ccc(C)cc6)C6C=C[C@@H](C)CC6)cc5)=C4C(=O)N3Cc3ccccc3)cc2)cc1. The highest BCUT2D eigenvalue weighted by Gasteiger charge is 2.49. The highest BCUT2D eigenvalue weighted by molar-refractivity contribution is 6.30. The van der Waals surface area contributed by atoms with Gasteiger partial charge in [0.05, 0.1) is 41.7 Å². The lowest BCUT2D eigenvalue weighted by molar-refractivity contribution is -0.124. The van der Waals surface area contributed by atoms with Gasteiger partial charge >= 0.3 is 0 Å². The summed E-state index contributed by atoms with van der Waals surface area (Å²) in [6.45, 7) is 9.23. The Balaban J connectivity index is 1.11. The second kappa shape index (κ2) is 18.1. The van der Waals surface area contributed by atoms with Gasteiger partial charge in [0, 0.05) is 28.4 Å². The van der Waals surface area contributed by atoms with E-state index < -0.39 is 0 Å². The Morgan fingerprint density at radius 3 is 1.18 bits per heavy atom. The molecule has 0 N–H and O–H groups in total. The number of benzene rings is 7. The summed E-state index contributed by atoms with van der Waals surface area (Å²) in [4.78, 5) is 39.0. The van der Waals surface area contributed by atoms with Crippen LogP contribution in [0.5, 0.6) is 0 Å². The van der Waals surface area contributed by atoms with Gasteiger partial charge in [-0.2, -0.15) is 0 Å². The van der Waals surface area contributed by atoms with Crippen LogP contribution >= 0.6 is 0 Å². The third-order valence-electron chi connectivity index (χ3n) is 13.2. The van der Waals surface area contributed by atoms with Crippen LogP contribution in [0.1, 0.15) is 58.7 Å². The number of nitrogens with zero attached hydrogens (tertiary/aromatic N) is 4. The highest BCUT2D eigenvalue weighted by Crippen LogP contribution is 2.48. The van der Waals surface area contributed by atoms with Gasteiger partial charge in [0.15, 0.2) is 0 Å². The molecule has 1 aliphatic carbocycles. The van der Waals surface area contributed by atoms with Crippen molar-refractivity contribution >= 4 is 51.6 Å². The second-order valence-electron chi connectivity index (χ2n) is 18.0. The zero-order chi connectivity index (χ0) is 45.3. The molecular weight excluding hydrogens is 809 g/mol. The van der Waals surface area contributed by atoms with Crippen molar-refractivity contribution in [3.05, 3.63) is 244 Å². The minimum absolute atomic E-state index is 0.181. The third-order valence-corrected chi connectivity index (χ3v) is 13.2. The Labute approximate surface area is 389 Å². The van der Waals surface area contributed by atoms with Crippen LogP contribution in [-0.4, -0.2) is 27.7 Å². The number of hydrogen-bond donors (Lipinski definition) is 0. The van der Waals surface area contributed by atoms with E-state index in [1.807, 2.05) is 70.5 Å². The molecule has 0 radical (unpaired) electrons. The zero-order valence-electron chi connectivity index (χ0n) is 38.1. The van der Waals surface area contributed by atoms with Gasteiger partial charge in [0.25, 0.3) is 11.8 Å². The van der Waals surface area contributed by atoms with E-state index in [0.717, 1.165) is 63.5 Å². The molecule has 2 atom stereocenters. The Kier molecular flexibility index (Phi) is 11.6. The molecule has 2 aliphatic heterocycles. The van der Waals surface area contributed by atoms with E-state index in [9.17, 15) is 0 Å². The molecule has 66 heavy (non-hydrogen) atoms. The highest BCUT2D eigenvalue weighted by atomic mass is 16.2. The minimum Gasteiger partial charge on any atom is -0.335 e. The molecule has 1 unspecified atom stereocenters. The summed E-state index contributed by atoms with van der Waals surface area (Å²) >= 11 is 0. The average Bonchev–Trinajstić information content (AvgIpc) is 3.78. The zero-order valence-corrected chi connectivity index (χ0v) is 38.1. The van der Waals surface area contributed by atoms with E-state index in [1.165, 1.54) is 16.7 Å². The van der Waals surface area contributed by atoms with E-state index in [-0.39, 0.29) is 17.9 Å². The molecule has 6 nitrogen and oxygen atoms in total. The van der Waals surface area contributed by atoms with Crippen LogP contribution in [0.2, 0.25) is 0 Å². The van der Waals surface area contributed by atoms with Crippen LogP contribution in [0, 0.1) is 26.7 Å². The van der Waals surface area contributed by atoms with Crippen LogP contribution in [0.3, 0.4) is 0 Å². The normalized spacial score (nSPS) is 16.9. The monoisotopic (exact) mass is 862 g/mol. The van der Waals surface area contributed by atoms with E-state index in [4.69, 9.17) is 0 Å². The summed E-state index contributed by atoms with van der Waals surface area (Å²) in [6, 6.07) is 62.9. The van der Waals surface area contributed by atoms with Crippen molar-refractivity contribution in [2.24, 2.45) is 5.92 Å². The van der Waals surface area contributed by atoms with E-state index >= 15 is 9.59 Å². The van der Waals surface area contributed by atoms with Gasteiger partial charge in [-0.05, 0) is 122 Å². The van der Waals surface area contributed by atoms with Gasteiger partial charge in [-0.25, -0.2) is 0 Å². The molecule has 0 spiro atoms. The van der Waals surface area contributed by atoms with E-state index in [2.05, 4.69) is 171 Å². The van der Waals surface area contributed by atoms with E-state index in [1.54, 1.807) is 0 Å². The largest absolute Gasteiger partial charge is 0.335 e. The first-order chi connectivity index (χ1) is 32.2. The van der Waals surface area contributed by atoms with Gasteiger partial charge in [-0.1, -0.05) is 157 Å². The summed E-state index contributed by atoms with van der Waals surface area (Å²) < 4.78 is 0. The quantitative estimate of drug-likeness (QED) is 0.115. The van der Waals surface area contributed by atoms with Crippen molar-refractivity contribution in [1.82, 2.24) is 9.80 Å². The number of aryl methyl sites for hydroxylation is 3. The topological polar surface area (TPSA) is 47.1 Å². The number of fused-ring (bicyclic) bond motifs is 1. The number of rotatable bonds is 12. The van der Waals surface area contributed by atoms with Crippen LogP contribution in [-0.2, 0) is 22.7 Å². The number of anilines is 5. The standard InChI is InChI=1S/C60H54N4O2/c1-41-15-27-49(28-16-41)63(50-29-17-42(2)18-30-50)53-35-23-47(24-36-53)57-55-56(60(66)61(57)39-45-11-7-5-8-12-45)58(62(59(55)65)40-46-13-9-6-10-14-46)48-25-37-54(38-26-48)64(51-31-19-43(3)20-32-51)52-33-21-44(4)22-34-52/h5-21,23-33,35-38,44,52H,22,34,39-40H2,1-4H3/t44-,52?/m1/s1. The molecular formula is C60H54N4O2. The first kappa shape index (κ1) is 42.3. The molecule has 0 saturated carbocycles. The Morgan fingerprint density at radius 1 is 0.439 bits per heavy atom. The van der Waals surface area contributed by atoms with Gasteiger partial charge in [-0.3, -0.25) is 9.59 Å². The minimum atomic E-state index is -0.181. The number of carbonyl (C=O) groups is 2. The smallest absolute Gasteiger partial charge is 0.261 e. The summed E-state index contributed by atoms with van der Waals surface area (Å²) in [5.74, 6) is 0.189. The molecule has 3 aliphatic rings. The van der Waals surface area contributed by atoms with Crippen molar-refractivity contribution in [2.45, 2.75) is 59.7 Å². The van der Waals surface area contributed by atoms with Gasteiger partial charge in [-0.15, -0.1) is 0 Å². The number of amides is 2. The fourth-order valence-corrected chi connectivity index (χ4v) is 9.61. The van der Waals surface area contributed by atoms with Crippen molar-refractivity contribution in [3.63, 3.8) is 0 Å². The van der Waals surface area contributed by atoms with Gasteiger partial charge < -0.3 is 19.6 Å². The predicted octanol–water partition coefficient (Wildman–Crippen LogP) is 13.8. The van der Waals surface area contributed by atoms with Crippen molar-refractivity contribution < 1.29 is 9.59 Å². The average molecular weight is 863 g/mol. The number of carbonyl (C=O) groups excluding carboxylic acids is 2. The van der Waals surface area contributed by atoms with Crippen LogP contribution < -0.4 is 9.80 Å². The summed E-state index contributed by atoms with van der Waals surface area (Å²) in [5, 5.41) is 0. The Hall–Kier alpha value is -7.70. The first-order valence-electron chi connectivity index (χ1n) is 23.1. The Morgan fingerprint density at radius 2 is 0.803 bits per heavy atom. The van der Waals surface area contributed by atoms with E-state index in [0.29, 0.717) is 41.5 Å². The van der Waals surface area contributed by atoms with Gasteiger partial charge in [0.1, 0.15) is 0 Å². The molecule has 2 heterocycles. The van der Waals surface area contributed by atoms with Crippen LogP contribution in [0.25, 0.3) is 11.4 Å².